The minimum atomic E-state index is -0.344. The number of carbonyl (C=O) groups is 1. The van der Waals surface area contributed by atoms with Crippen LogP contribution in [0.1, 0.15) is 5.56 Å². The van der Waals surface area contributed by atoms with Crippen molar-refractivity contribution in [1.29, 1.82) is 0 Å². The number of amides is 1. The molecule has 0 spiro atoms. The number of phenolic OH excluding ortho intramolecular Hbond substituents is 1. The lowest BCUT2D eigenvalue weighted by Crippen LogP contribution is -2.13. The molecule has 0 heterocycles. The molecule has 3 nitrogen and oxygen atoms in total. The molecule has 0 aliphatic carbocycles. The third-order valence-corrected chi connectivity index (χ3v) is 3.75. The summed E-state index contributed by atoms with van der Waals surface area (Å²) in [7, 11) is 0. The molecule has 24 heavy (non-hydrogen) atoms. The standard InChI is InChI=1S/C21H17NO2/c1-15(16-8-4-2-5-9-16)21(24)22-19-13-12-18(14-20(19)23)17-10-6-3-7-11-17/h2-14,23H,1H2,(H,22,24). The van der Waals surface area contributed by atoms with Crippen LogP contribution in [0.5, 0.6) is 5.75 Å². The number of nitrogens with one attached hydrogen (secondary N) is 1. The van der Waals surface area contributed by atoms with Crippen molar-refractivity contribution in [3.63, 3.8) is 0 Å². The van der Waals surface area contributed by atoms with Gasteiger partial charge in [0, 0.05) is 5.57 Å². The maximum absolute atomic E-state index is 12.3. The van der Waals surface area contributed by atoms with Crippen LogP contribution in [0.15, 0.2) is 85.4 Å². The molecular weight excluding hydrogens is 298 g/mol. The van der Waals surface area contributed by atoms with Gasteiger partial charge in [0.1, 0.15) is 5.75 Å². The molecule has 0 saturated heterocycles. The molecule has 118 valence electrons. The molecule has 0 atom stereocenters. The highest BCUT2D eigenvalue weighted by atomic mass is 16.3. The SMILES string of the molecule is C=C(C(=O)Nc1ccc(-c2ccccc2)cc1O)c1ccccc1. The average Bonchev–Trinajstić information content (AvgIpc) is 2.64. The van der Waals surface area contributed by atoms with Crippen LogP contribution in [0.4, 0.5) is 5.69 Å². The molecule has 0 aliphatic rings. The lowest BCUT2D eigenvalue weighted by atomic mass is 10.0. The third-order valence-electron chi connectivity index (χ3n) is 3.75. The van der Waals surface area contributed by atoms with Crippen molar-refractivity contribution in [1.82, 2.24) is 0 Å². The number of benzene rings is 3. The second-order valence-corrected chi connectivity index (χ2v) is 5.40. The predicted molar refractivity (Wildman–Crippen MR) is 97.6 cm³/mol. The van der Waals surface area contributed by atoms with Crippen LogP contribution in [0.2, 0.25) is 0 Å². The normalized spacial score (nSPS) is 10.2. The van der Waals surface area contributed by atoms with Gasteiger partial charge in [-0.25, -0.2) is 0 Å². The molecule has 0 fully saturated rings. The highest BCUT2D eigenvalue weighted by Crippen LogP contribution is 2.30. The van der Waals surface area contributed by atoms with Crippen molar-refractivity contribution in [2.24, 2.45) is 0 Å². The van der Waals surface area contributed by atoms with Crippen molar-refractivity contribution >= 4 is 17.2 Å². The summed E-state index contributed by atoms with van der Waals surface area (Å²) in [5, 5.41) is 12.9. The van der Waals surface area contributed by atoms with Gasteiger partial charge in [-0.3, -0.25) is 4.79 Å². The molecule has 2 N–H and O–H groups in total. The number of anilines is 1. The van der Waals surface area contributed by atoms with Gasteiger partial charge in [0.2, 0.25) is 0 Å². The van der Waals surface area contributed by atoms with E-state index in [9.17, 15) is 9.90 Å². The van der Waals surface area contributed by atoms with Gasteiger partial charge in [0.25, 0.3) is 5.91 Å². The first-order valence-corrected chi connectivity index (χ1v) is 7.59. The first-order valence-electron chi connectivity index (χ1n) is 7.59. The second-order valence-electron chi connectivity index (χ2n) is 5.40. The Bertz CT molecular complexity index is 871. The summed E-state index contributed by atoms with van der Waals surface area (Å²) in [4.78, 5) is 12.3. The van der Waals surface area contributed by atoms with Crippen LogP contribution >= 0.6 is 0 Å². The topological polar surface area (TPSA) is 49.3 Å². The van der Waals surface area contributed by atoms with Crippen molar-refractivity contribution in [3.8, 4) is 16.9 Å². The maximum atomic E-state index is 12.3. The zero-order chi connectivity index (χ0) is 16.9. The van der Waals surface area contributed by atoms with Gasteiger partial charge >= 0.3 is 0 Å². The minimum absolute atomic E-state index is 0.0190. The summed E-state index contributed by atoms with van der Waals surface area (Å²) in [6.45, 7) is 3.82. The van der Waals surface area contributed by atoms with Crippen LogP contribution in [-0.2, 0) is 4.79 Å². The minimum Gasteiger partial charge on any atom is -0.506 e. The summed E-state index contributed by atoms with van der Waals surface area (Å²) in [5.41, 5.74) is 3.33. The lowest BCUT2D eigenvalue weighted by Gasteiger charge is -2.11. The van der Waals surface area contributed by atoms with E-state index in [4.69, 9.17) is 0 Å². The first-order chi connectivity index (χ1) is 11.6. The van der Waals surface area contributed by atoms with E-state index in [1.807, 2.05) is 66.7 Å². The Hall–Kier alpha value is -3.33. The molecule has 0 aromatic heterocycles. The van der Waals surface area contributed by atoms with E-state index >= 15 is 0 Å². The molecule has 0 aliphatic heterocycles. The summed E-state index contributed by atoms with van der Waals surface area (Å²) in [6, 6.07) is 24.1. The number of hydrogen-bond acceptors (Lipinski definition) is 2. The Kier molecular flexibility index (Phi) is 4.43. The summed E-state index contributed by atoms with van der Waals surface area (Å²) in [6.07, 6.45) is 0. The van der Waals surface area contributed by atoms with Gasteiger partial charge in [0.15, 0.2) is 0 Å². The van der Waals surface area contributed by atoms with Crippen molar-refractivity contribution < 1.29 is 9.90 Å². The molecular formula is C21H17NO2. The van der Waals surface area contributed by atoms with Crippen molar-refractivity contribution in [2.75, 3.05) is 5.32 Å². The van der Waals surface area contributed by atoms with E-state index in [-0.39, 0.29) is 11.7 Å². The fourth-order valence-electron chi connectivity index (χ4n) is 2.42. The molecule has 3 aromatic carbocycles. The summed E-state index contributed by atoms with van der Waals surface area (Å²) < 4.78 is 0. The molecule has 0 saturated carbocycles. The van der Waals surface area contributed by atoms with E-state index in [1.165, 1.54) is 0 Å². The maximum Gasteiger partial charge on any atom is 0.255 e. The van der Waals surface area contributed by atoms with Gasteiger partial charge in [-0.05, 0) is 28.8 Å². The smallest absolute Gasteiger partial charge is 0.255 e. The molecule has 0 bridgehead atoms. The quantitative estimate of drug-likeness (QED) is 0.541. The first kappa shape index (κ1) is 15.6. The van der Waals surface area contributed by atoms with Crippen LogP contribution in [0.25, 0.3) is 16.7 Å². The zero-order valence-electron chi connectivity index (χ0n) is 13.1. The van der Waals surface area contributed by atoms with Gasteiger partial charge in [-0.15, -0.1) is 0 Å². The summed E-state index contributed by atoms with van der Waals surface area (Å²) in [5.74, 6) is -0.325. The number of hydrogen-bond donors (Lipinski definition) is 2. The van der Waals surface area contributed by atoms with Crippen molar-refractivity contribution in [3.05, 3.63) is 91.0 Å². The monoisotopic (exact) mass is 315 g/mol. The number of aromatic hydroxyl groups is 1. The van der Waals surface area contributed by atoms with Gasteiger partial charge < -0.3 is 10.4 Å². The Morgan fingerprint density at radius 1 is 0.833 bits per heavy atom. The van der Waals surface area contributed by atoms with E-state index in [0.717, 1.165) is 16.7 Å². The predicted octanol–water partition coefficient (Wildman–Crippen LogP) is 4.71. The molecule has 0 radical (unpaired) electrons. The van der Waals surface area contributed by atoms with E-state index in [2.05, 4.69) is 11.9 Å². The van der Waals surface area contributed by atoms with Crippen molar-refractivity contribution in [2.45, 2.75) is 0 Å². The fraction of sp³-hybridized carbons (Fsp3) is 0. The van der Waals surface area contributed by atoms with Crippen LogP contribution in [0, 0.1) is 0 Å². The Morgan fingerprint density at radius 3 is 2.08 bits per heavy atom. The number of rotatable bonds is 4. The molecule has 3 heteroatoms. The van der Waals surface area contributed by atoms with Gasteiger partial charge in [0.05, 0.1) is 5.69 Å². The van der Waals surface area contributed by atoms with Crippen LogP contribution in [0.3, 0.4) is 0 Å². The highest BCUT2D eigenvalue weighted by Gasteiger charge is 2.12. The third kappa shape index (κ3) is 3.36. The van der Waals surface area contributed by atoms with E-state index in [1.54, 1.807) is 12.1 Å². The second kappa shape index (κ2) is 6.84. The van der Waals surface area contributed by atoms with E-state index in [0.29, 0.717) is 11.3 Å². The lowest BCUT2D eigenvalue weighted by molar-refractivity contribution is -0.111. The number of phenols is 1. The van der Waals surface area contributed by atoms with Crippen LogP contribution < -0.4 is 5.32 Å². The summed E-state index contributed by atoms with van der Waals surface area (Å²) >= 11 is 0. The molecule has 0 unspecified atom stereocenters. The van der Waals surface area contributed by atoms with E-state index < -0.39 is 0 Å². The molecule has 3 rings (SSSR count). The molecule has 1 amide bonds. The zero-order valence-corrected chi connectivity index (χ0v) is 13.1. The largest absolute Gasteiger partial charge is 0.506 e. The Balaban J connectivity index is 1.78. The fourth-order valence-corrected chi connectivity index (χ4v) is 2.42. The highest BCUT2D eigenvalue weighted by molar-refractivity contribution is 6.24. The Morgan fingerprint density at radius 2 is 1.46 bits per heavy atom. The van der Waals surface area contributed by atoms with Crippen LogP contribution in [-0.4, -0.2) is 11.0 Å². The number of carbonyl (C=O) groups excluding carboxylic acids is 1. The Labute approximate surface area is 140 Å². The average molecular weight is 315 g/mol. The van der Waals surface area contributed by atoms with Gasteiger partial charge in [-0.2, -0.15) is 0 Å². The van der Waals surface area contributed by atoms with Gasteiger partial charge in [-0.1, -0.05) is 73.3 Å². The molecule has 3 aromatic rings.